The summed E-state index contributed by atoms with van der Waals surface area (Å²) in [7, 11) is -1.08. The molecule has 1 aliphatic rings. The highest BCUT2D eigenvalue weighted by atomic mass is 31.2. The van der Waals surface area contributed by atoms with Crippen LogP contribution in [0.3, 0.4) is 0 Å². The molecule has 1 heterocycles. The van der Waals surface area contributed by atoms with E-state index >= 15 is 0 Å². The molecule has 0 bridgehead atoms. The Morgan fingerprint density at radius 1 is 0.667 bits per heavy atom. The van der Waals surface area contributed by atoms with Crippen molar-refractivity contribution in [1.82, 2.24) is 14.5 Å². The third-order valence-corrected chi connectivity index (χ3v) is 5.52. The van der Waals surface area contributed by atoms with Gasteiger partial charge in [0.25, 0.3) is 8.53 Å². The predicted octanol–water partition coefficient (Wildman–Crippen LogP) is 2.87. The number of rotatable bonds is 9. The molecule has 0 aromatic heterocycles. The summed E-state index contributed by atoms with van der Waals surface area (Å²) in [5.74, 6) is 0. The Balaban J connectivity index is 2.86. The standard InChI is InChI=1S/C14H32N3O3P/c1-7-15(8-2)13-18-14(16(9-3)10-4)20-21(19-13)17(11-5)12-6/h13-14H,7-12H2,1-6H3. The molecule has 126 valence electrons. The number of hydrogen-bond donors (Lipinski definition) is 0. The number of nitrogens with zero attached hydrogens (tertiary/aromatic N) is 3. The lowest BCUT2D eigenvalue weighted by molar-refractivity contribution is -0.314. The summed E-state index contributed by atoms with van der Waals surface area (Å²) in [6, 6.07) is 0. The van der Waals surface area contributed by atoms with Crippen LogP contribution >= 0.6 is 8.53 Å². The topological polar surface area (TPSA) is 37.4 Å². The first-order chi connectivity index (χ1) is 10.1. The van der Waals surface area contributed by atoms with Crippen LogP contribution in [0.15, 0.2) is 0 Å². The summed E-state index contributed by atoms with van der Waals surface area (Å²) in [4.78, 5) is 4.36. The van der Waals surface area contributed by atoms with Crippen LogP contribution in [0.2, 0.25) is 0 Å². The summed E-state index contributed by atoms with van der Waals surface area (Å²) in [6.07, 6.45) is -0.655. The van der Waals surface area contributed by atoms with Gasteiger partial charge in [-0.25, -0.2) is 4.67 Å². The van der Waals surface area contributed by atoms with Gasteiger partial charge in [0.05, 0.1) is 0 Å². The second-order valence-electron chi connectivity index (χ2n) is 4.78. The van der Waals surface area contributed by atoms with E-state index in [0.29, 0.717) is 0 Å². The molecular weight excluding hydrogens is 289 g/mol. The maximum atomic E-state index is 6.09. The Hall–Kier alpha value is 0.190. The van der Waals surface area contributed by atoms with Gasteiger partial charge in [-0.3, -0.25) is 23.6 Å². The zero-order valence-electron chi connectivity index (χ0n) is 14.4. The lowest BCUT2D eigenvalue weighted by Crippen LogP contribution is -2.51. The van der Waals surface area contributed by atoms with E-state index in [1.165, 1.54) is 0 Å². The Labute approximate surface area is 131 Å². The fraction of sp³-hybridized carbons (Fsp3) is 1.00. The second kappa shape index (κ2) is 10.1. The number of hydrogen-bond acceptors (Lipinski definition) is 6. The van der Waals surface area contributed by atoms with E-state index in [4.69, 9.17) is 13.8 Å². The lowest BCUT2D eigenvalue weighted by atomic mass is 10.5. The number of ether oxygens (including phenoxy) is 1. The van der Waals surface area contributed by atoms with Crippen LogP contribution in [0.1, 0.15) is 41.5 Å². The molecule has 1 fully saturated rings. The quantitative estimate of drug-likeness (QED) is 0.608. The maximum absolute atomic E-state index is 6.09. The minimum absolute atomic E-state index is 0.328. The molecule has 0 spiro atoms. The molecule has 2 unspecified atom stereocenters. The largest absolute Gasteiger partial charge is 0.295 e. The average molecular weight is 321 g/mol. The molecule has 1 aliphatic heterocycles. The smallest absolute Gasteiger partial charge is 0.265 e. The third-order valence-electron chi connectivity index (χ3n) is 3.78. The summed E-state index contributed by atoms with van der Waals surface area (Å²) in [6.45, 7) is 18.2. The van der Waals surface area contributed by atoms with E-state index in [1.54, 1.807) is 0 Å². The Morgan fingerprint density at radius 3 is 1.33 bits per heavy atom. The summed E-state index contributed by atoms with van der Waals surface area (Å²) >= 11 is 0. The van der Waals surface area contributed by atoms with Crippen LogP contribution in [-0.2, 0) is 13.8 Å². The van der Waals surface area contributed by atoms with Gasteiger partial charge in [0, 0.05) is 13.1 Å². The van der Waals surface area contributed by atoms with Crippen molar-refractivity contribution in [3.63, 3.8) is 0 Å². The van der Waals surface area contributed by atoms with Gasteiger partial charge in [0.15, 0.2) is 0 Å². The van der Waals surface area contributed by atoms with E-state index in [0.717, 1.165) is 39.3 Å². The SMILES string of the molecule is CCN(CC)C1OC(N(CC)CC)OP(N(CC)CC)O1. The van der Waals surface area contributed by atoms with Gasteiger partial charge in [-0.15, -0.1) is 0 Å². The Kier molecular flexibility index (Phi) is 9.21. The molecule has 7 heteroatoms. The van der Waals surface area contributed by atoms with Crippen LogP contribution in [0, 0.1) is 0 Å². The monoisotopic (exact) mass is 321 g/mol. The molecule has 0 aromatic rings. The van der Waals surface area contributed by atoms with E-state index in [-0.39, 0.29) is 12.8 Å². The first kappa shape index (κ1) is 19.2. The first-order valence-electron chi connectivity index (χ1n) is 8.16. The molecule has 0 radical (unpaired) electrons. The van der Waals surface area contributed by atoms with E-state index in [2.05, 4.69) is 56.0 Å². The van der Waals surface area contributed by atoms with Gasteiger partial charge in [-0.2, -0.15) is 0 Å². The van der Waals surface area contributed by atoms with E-state index in [9.17, 15) is 0 Å². The Bertz CT molecular complexity index is 225. The molecule has 21 heavy (non-hydrogen) atoms. The van der Waals surface area contributed by atoms with Crippen molar-refractivity contribution in [3.05, 3.63) is 0 Å². The molecule has 1 saturated heterocycles. The molecule has 0 aromatic carbocycles. The van der Waals surface area contributed by atoms with Gasteiger partial charge in [-0.05, 0) is 26.2 Å². The fourth-order valence-corrected chi connectivity index (χ4v) is 3.72. The van der Waals surface area contributed by atoms with Crippen LogP contribution in [0.5, 0.6) is 0 Å². The average Bonchev–Trinajstić information content (AvgIpc) is 2.51. The minimum atomic E-state index is -1.08. The van der Waals surface area contributed by atoms with E-state index < -0.39 is 8.53 Å². The van der Waals surface area contributed by atoms with Gasteiger partial charge in [0.1, 0.15) is 0 Å². The van der Waals surface area contributed by atoms with Gasteiger partial charge < -0.3 is 0 Å². The second-order valence-corrected chi connectivity index (χ2v) is 6.24. The minimum Gasteiger partial charge on any atom is -0.295 e. The highest BCUT2D eigenvalue weighted by molar-refractivity contribution is 7.44. The van der Waals surface area contributed by atoms with Crippen molar-refractivity contribution in [2.45, 2.75) is 54.4 Å². The Morgan fingerprint density at radius 2 is 1.05 bits per heavy atom. The molecule has 2 atom stereocenters. The van der Waals surface area contributed by atoms with Crippen molar-refractivity contribution in [2.75, 3.05) is 39.3 Å². The van der Waals surface area contributed by atoms with Gasteiger partial charge in [0.2, 0.25) is 12.8 Å². The zero-order valence-corrected chi connectivity index (χ0v) is 15.3. The molecule has 6 nitrogen and oxygen atoms in total. The summed E-state index contributed by atoms with van der Waals surface area (Å²) in [5, 5.41) is 0. The van der Waals surface area contributed by atoms with Gasteiger partial charge >= 0.3 is 0 Å². The summed E-state index contributed by atoms with van der Waals surface area (Å²) in [5.41, 5.74) is 0. The fourth-order valence-electron chi connectivity index (χ4n) is 2.27. The van der Waals surface area contributed by atoms with Crippen molar-refractivity contribution in [1.29, 1.82) is 0 Å². The highest BCUT2D eigenvalue weighted by Gasteiger charge is 2.38. The van der Waals surface area contributed by atoms with Crippen molar-refractivity contribution < 1.29 is 13.8 Å². The van der Waals surface area contributed by atoms with Crippen LogP contribution < -0.4 is 0 Å². The molecule has 1 rings (SSSR count). The molecular formula is C14H32N3O3P. The van der Waals surface area contributed by atoms with Crippen LogP contribution in [0.25, 0.3) is 0 Å². The molecule has 0 amide bonds. The van der Waals surface area contributed by atoms with Crippen LogP contribution in [-0.4, -0.2) is 66.6 Å². The highest BCUT2D eigenvalue weighted by Crippen LogP contribution is 2.49. The molecule has 0 aliphatic carbocycles. The lowest BCUT2D eigenvalue weighted by Gasteiger charge is -2.44. The predicted molar refractivity (Wildman–Crippen MR) is 86.5 cm³/mol. The van der Waals surface area contributed by atoms with Gasteiger partial charge in [-0.1, -0.05) is 41.5 Å². The summed E-state index contributed by atoms with van der Waals surface area (Å²) < 4.78 is 20.4. The zero-order chi connectivity index (χ0) is 15.8. The molecule has 0 N–H and O–H groups in total. The first-order valence-corrected chi connectivity index (χ1v) is 9.29. The van der Waals surface area contributed by atoms with E-state index in [1.807, 2.05) is 0 Å². The van der Waals surface area contributed by atoms with Crippen LogP contribution in [0.4, 0.5) is 0 Å². The normalized spacial score (nSPS) is 27.0. The van der Waals surface area contributed by atoms with Crippen molar-refractivity contribution >= 4 is 8.53 Å². The third kappa shape index (κ3) is 5.10. The maximum Gasteiger partial charge on any atom is 0.265 e. The van der Waals surface area contributed by atoms with Crippen molar-refractivity contribution in [3.8, 4) is 0 Å². The van der Waals surface area contributed by atoms with Crippen molar-refractivity contribution in [2.24, 2.45) is 0 Å². The molecule has 0 saturated carbocycles.